The number of fused-ring (bicyclic) bond motifs is 1. The Morgan fingerprint density at radius 2 is 1.93 bits per heavy atom. The van der Waals surface area contributed by atoms with Gasteiger partial charge in [-0.05, 0) is 44.2 Å². The van der Waals surface area contributed by atoms with E-state index in [2.05, 4.69) is 33.7 Å². The maximum atomic E-state index is 6.00. The molecule has 0 saturated heterocycles. The van der Waals surface area contributed by atoms with Crippen molar-refractivity contribution in [2.45, 2.75) is 31.3 Å². The molecule has 0 aliphatic heterocycles. The van der Waals surface area contributed by atoms with Crippen LogP contribution in [0.3, 0.4) is 0 Å². The quantitative estimate of drug-likeness (QED) is 0.339. The zero-order chi connectivity index (χ0) is 19.7. The summed E-state index contributed by atoms with van der Waals surface area (Å²) in [7, 11) is 0. The topological polar surface area (TPSA) is 60.9 Å². The monoisotopic (exact) mass is 410 g/mol. The lowest BCUT2D eigenvalue weighted by Gasteiger charge is -2.07. The molecule has 3 heterocycles. The van der Waals surface area contributed by atoms with E-state index in [1.807, 2.05) is 58.5 Å². The number of rotatable bonds is 6. The van der Waals surface area contributed by atoms with Crippen LogP contribution in [0.5, 0.6) is 0 Å². The maximum absolute atomic E-state index is 6.00. The van der Waals surface area contributed by atoms with Crippen molar-refractivity contribution >= 4 is 29.1 Å². The second-order valence-electron chi connectivity index (χ2n) is 6.44. The van der Waals surface area contributed by atoms with E-state index in [9.17, 15) is 0 Å². The third-order valence-corrected chi connectivity index (χ3v) is 5.54. The highest BCUT2D eigenvalue weighted by Gasteiger charge is 2.15. The van der Waals surface area contributed by atoms with E-state index in [1.54, 1.807) is 11.8 Å². The minimum atomic E-state index is 0.623. The molecule has 4 aromatic rings. The predicted octanol–water partition coefficient (Wildman–Crippen LogP) is 4.74. The summed E-state index contributed by atoms with van der Waals surface area (Å²) in [6.07, 6.45) is 3.87. The van der Waals surface area contributed by atoms with Crippen molar-refractivity contribution in [1.29, 1.82) is 0 Å². The molecule has 0 saturated carbocycles. The van der Waals surface area contributed by atoms with Crippen molar-refractivity contribution in [1.82, 2.24) is 29.1 Å². The van der Waals surface area contributed by atoms with Gasteiger partial charge in [0.05, 0.1) is 5.69 Å². The minimum absolute atomic E-state index is 0.623. The standard InChI is InChI=1S/C20H19ClN6S/c1-4-9-26-18(15-5-7-16(21)8-6-15)24-25-20(26)28-12-17-11-27-14(3)10-13(2)22-19(27)23-17/h4-8,10-11H,1,9,12H2,2-3H3. The fourth-order valence-electron chi connectivity index (χ4n) is 3.03. The lowest BCUT2D eigenvalue weighted by atomic mass is 10.2. The Bertz CT molecular complexity index is 1150. The van der Waals surface area contributed by atoms with Crippen molar-refractivity contribution in [2.24, 2.45) is 0 Å². The molecule has 0 N–H and O–H groups in total. The predicted molar refractivity (Wildman–Crippen MR) is 113 cm³/mol. The molecule has 0 spiro atoms. The summed E-state index contributed by atoms with van der Waals surface area (Å²) in [5, 5.41) is 10.3. The van der Waals surface area contributed by atoms with Gasteiger partial charge in [-0.3, -0.25) is 8.97 Å². The molecule has 6 nitrogen and oxygen atoms in total. The zero-order valence-electron chi connectivity index (χ0n) is 15.6. The van der Waals surface area contributed by atoms with Crippen LogP contribution in [-0.2, 0) is 12.3 Å². The second kappa shape index (κ2) is 7.77. The lowest BCUT2D eigenvalue weighted by molar-refractivity contribution is 0.731. The average Bonchev–Trinajstić information content (AvgIpc) is 3.25. The number of aryl methyl sites for hydroxylation is 2. The molecule has 3 aromatic heterocycles. The summed E-state index contributed by atoms with van der Waals surface area (Å²) >= 11 is 7.60. The number of allylic oxidation sites excluding steroid dienone is 1. The van der Waals surface area contributed by atoms with E-state index < -0.39 is 0 Å². The molecule has 8 heteroatoms. The molecule has 0 aliphatic carbocycles. The van der Waals surface area contributed by atoms with Crippen LogP contribution in [-0.4, -0.2) is 29.1 Å². The smallest absolute Gasteiger partial charge is 0.234 e. The average molecular weight is 411 g/mol. The van der Waals surface area contributed by atoms with Crippen molar-refractivity contribution < 1.29 is 0 Å². The van der Waals surface area contributed by atoms with Gasteiger partial charge in [-0.2, -0.15) is 0 Å². The van der Waals surface area contributed by atoms with Crippen LogP contribution in [0.1, 0.15) is 17.1 Å². The van der Waals surface area contributed by atoms with Crippen LogP contribution < -0.4 is 0 Å². The van der Waals surface area contributed by atoms with Gasteiger partial charge in [-0.25, -0.2) is 9.97 Å². The Morgan fingerprint density at radius 1 is 1.14 bits per heavy atom. The lowest BCUT2D eigenvalue weighted by Crippen LogP contribution is -2.00. The summed E-state index contributed by atoms with van der Waals surface area (Å²) < 4.78 is 4.06. The number of halogens is 1. The Hall–Kier alpha value is -2.64. The van der Waals surface area contributed by atoms with E-state index >= 15 is 0 Å². The number of hydrogen-bond acceptors (Lipinski definition) is 5. The van der Waals surface area contributed by atoms with Crippen molar-refractivity contribution in [2.75, 3.05) is 0 Å². The molecule has 0 bridgehead atoms. The Morgan fingerprint density at radius 3 is 2.68 bits per heavy atom. The van der Waals surface area contributed by atoms with Crippen LogP contribution in [0.2, 0.25) is 5.02 Å². The first-order valence-corrected chi connectivity index (χ1v) is 10.2. The van der Waals surface area contributed by atoms with Crippen LogP contribution in [0.15, 0.2) is 54.3 Å². The highest BCUT2D eigenvalue weighted by Crippen LogP contribution is 2.27. The molecule has 1 aromatic carbocycles. The third-order valence-electron chi connectivity index (χ3n) is 4.29. The molecule has 0 fully saturated rings. The minimum Gasteiger partial charge on any atom is -0.298 e. The number of thioether (sulfide) groups is 1. The van der Waals surface area contributed by atoms with Gasteiger partial charge in [0.15, 0.2) is 11.0 Å². The highest BCUT2D eigenvalue weighted by molar-refractivity contribution is 7.98. The number of benzene rings is 1. The first kappa shape index (κ1) is 18.7. The summed E-state index contributed by atoms with van der Waals surface area (Å²) in [6, 6.07) is 9.64. The van der Waals surface area contributed by atoms with Gasteiger partial charge < -0.3 is 0 Å². The van der Waals surface area contributed by atoms with Crippen molar-refractivity contribution in [3.8, 4) is 11.4 Å². The van der Waals surface area contributed by atoms with Gasteiger partial charge in [-0.15, -0.1) is 16.8 Å². The van der Waals surface area contributed by atoms with Gasteiger partial charge >= 0.3 is 0 Å². The Balaban J connectivity index is 1.60. The third kappa shape index (κ3) is 3.68. The van der Waals surface area contributed by atoms with E-state index in [1.165, 1.54) is 0 Å². The maximum Gasteiger partial charge on any atom is 0.234 e. The first-order valence-electron chi connectivity index (χ1n) is 8.80. The second-order valence-corrected chi connectivity index (χ2v) is 7.82. The van der Waals surface area contributed by atoms with Gasteiger partial charge in [0, 0.05) is 40.5 Å². The molecule has 142 valence electrons. The molecular weight excluding hydrogens is 392 g/mol. The van der Waals surface area contributed by atoms with Crippen LogP contribution in [0, 0.1) is 13.8 Å². The fourth-order valence-corrected chi connectivity index (χ4v) is 3.99. The van der Waals surface area contributed by atoms with E-state index in [0.29, 0.717) is 17.3 Å². The van der Waals surface area contributed by atoms with Crippen molar-refractivity contribution in [3.05, 3.63) is 71.3 Å². The van der Waals surface area contributed by atoms with E-state index in [4.69, 9.17) is 11.6 Å². The van der Waals surface area contributed by atoms with Gasteiger partial charge in [0.25, 0.3) is 0 Å². The highest BCUT2D eigenvalue weighted by atomic mass is 35.5. The van der Waals surface area contributed by atoms with Gasteiger partial charge in [0.2, 0.25) is 5.78 Å². The molecular formula is C20H19ClN6S. The summed E-state index contributed by atoms with van der Waals surface area (Å²) in [5.41, 5.74) is 4.00. The van der Waals surface area contributed by atoms with E-state index in [-0.39, 0.29) is 0 Å². The Labute approximate surface area is 172 Å². The van der Waals surface area contributed by atoms with Gasteiger partial charge in [-0.1, -0.05) is 29.4 Å². The molecule has 28 heavy (non-hydrogen) atoms. The number of nitrogens with zero attached hydrogens (tertiary/aromatic N) is 6. The summed E-state index contributed by atoms with van der Waals surface area (Å²) in [4.78, 5) is 9.13. The molecule has 0 aliphatic rings. The summed E-state index contributed by atoms with van der Waals surface area (Å²) in [6.45, 7) is 8.52. The molecule has 0 atom stereocenters. The van der Waals surface area contributed by atoms with Crippen LogP contribution in [0.4, 0.5) is 0 Å². The number of imidazole rings is 1. The van der Waals surface area contributed by atoms with Crippen LogP contribution in [0.25, 0.3) is 17.2 Å². The SMILES string of the molecule is C=CCn1c(SCc2cn3c(C)cc(C)nc3n2)nnc1-c1ccc(Cl)cc1. The summed E-state index contributed by atoms with van der Waals surface area (Å²) in [5.74, 6) is 2.20. The molecule has 0 unspecified atom stereocenters. The number of aromatic nitrogens is 6. The number of hydrogen-bond donors (Lipinski definition) is 0. The zero-order valence-corrected chi connectivity index (χ0v) is 17.2. The van der Waals surface area contributed by atoms with E-state index in [0.717, 1.165) is 39.4 Å². The van der Waals surface area contributed by atoms with Gasteiger partial charge in [0.1, 0.15) is 0 Å². The normalized spacial score (nSPS) is 11.2. The van der Waals surface area contributed by atoms with Crippen molar-refractivity contribution in [3.63, 3.8) is 0 Å². The fraction of sp³-hybridized carbons (Fsp3) is 0.200. The Kier molecular flexibility index (Phi) is 5.19. The molecule has 4 rings (SSSR count). The molecule has 0 radical (unpaired) electrons. The largest absolute Gasteiger partial charge is 0.298 e. The molecule has 0 amide bonds. The van der Waals surface area contributed by atoms with Crippen LogP contribution >= 0.6 is 23.4 Å². The first-order chi connectivity index (χ1) is 13.5.